The van der Waals surface area contributed by atoms with Crippen molar-refractivity contribution in [2.45, 2.75) is 19.1 Å². The summed E-state index contributed by atoms with van der Waals surface area (Å²) < 4.78 is 28.3. The van der Waals surface area contributed by atoms with E-state index in [9.17, 15) is 18.5 Å². The summed E-state index contributed by atoms with van der Waals surface area (Å²) in [5, 5.41) is 15.8. The average molecular weight is 393 g/mol. The van der Waals surface area contributed by atoms with Crippen LogP contribution < -0.4 is 4.90 Å². The van der Waals surface area contributed by atoms with Gasteiger partial charge in [0.15, 0.2) is 0 Å². The van der Waals surface area contributed by atoms with Crippen molar-refractivity contribution in [3.8, 4) is 0 Å². The molecule has 0 radical (unpaired) electrons. The first-order chi connectivity index (χ1) is 12.8. The molecule has 2 aromatic rings. The Hall–Kier alpha value is -2.46. The van der Waals surface area contributed by atoms with E-state index >= 15 is 0 Å². The van der Waals surface area contributed by atoms with Gasteiger partial charge in [-0.3, -0.25) is 10.1 Å². The molecule has 0 unspecified atom stereocenters. The number of benzene rings is 1. The lowest BCUT2D eigenvalue weighted by Gasteiger charge is -2.34. The molecule has 1 fully saturated rings. The molecule has 0 amide bonds. The van der Waals surface area contributed by atoms with Crippen molar-refractivity contribution >= 4 is 21.5 Å². The van der Waals surface area contributed by atoms with Gasteiger partial charge in [-0.25, -0.2) is 13.1 Å². The summed E-state index contributed by atoms with van der Waals surface area (Å²) in [4.78, 5) is 12.9. The first-order valence-electron chi connectivity index (χ1n) is 8.80. The summed E-state index contributed by atoms with van der Waals surface area (Å²) in [7, 11) is -1.75. The maximum Gasteiger partial charge on any atom is 0.334 e. The van der Waals surface area contributed by atoms with Crippen LogP contribution in [0.25, 0.3) is 0 Å². The molecule has 0 atom stereocenters. The minimum atomic E-state index is -3.43. The predicted molar refractivity (Wildman–Crippen MR) is 102 cm³/mol. The van der Waals surface area contributed by atoms with E-state index in [0.29, 0.717) is 44.1 Å². The number of aryl methyl sites for hydroxylation is 2. The fourth-order valence-corrected chi connectivity index (χ4v) is 4.91. The first kappa shape index (κ1) is 19.3. The Bertz CT molecular complexity index is 918. The van der Waals surface area contributed by atoms with Crippen LogP contribution in [0.5, 0.6) is 0 Å². The molecule has 1 aliphatic heterocycles. The molecule has 0 saturated carbocycles. The van der Waals surface area contributed by atoms with Crippen molar-refractivity contribution in [1.29, 1.82) is 0 Å². The molecule has 10 heteroatoms. The minimum absolute atomic E-state index is 0.0144. The zero-order valence-electron chi connectivity index (χ0n) is 15.4. The predicted octanol–water partition coefficient (Wildman–Crippen LogP) is 1.54. The first-order valence-corrected chi connectivity index (χ1v) is 10.4. The lowest BCUT2D eigenvalue weighted by molar-refractivity contribution is -0.384. The SMILES string of the molecule is CCc1nn(C)c(N2CCN(S(=O)(=O)Cc3ccccc3)CC2)c1[N+](=O)[O-]. The molecule has 3 rings (SSSR count). The molecular formula is C17H23N5O4S. The lowest BCUT2D eigenvalue weighted by atomic mass is 10.2. The fraction of sp³-hybridized carbons (Fsp3) is 0.471. The highest BCUT2D eigenvalue weighted by molar-refractivity contribution is 7.88. The van der Waals surface area contributed by atoms with Crippen molar-refractivity contribution in [2.75, 3.05) is 31.1 Å². The minimum Gasteiger partial charge on any atom is -0.348 e. The summed E-state index contributed by atoms with van der Waals surface area (Å²) in [5.41, 5.74) is 1.20. The van der Waals surface area contributed by atoms with Crippen LogP contribution in [0.3, 0.4) is 0 Å². The van der Waals surface area contributed by atoms with Crippen LogP contribution in [-0.4, -0.2) is 53.6 Å². The van der Waals surface area contributed by atoms with Gasteiger partial charge in [-0.05, 0) is 12.0 Å². The highest BCUT2D eigenvalue weighted by atomic mass is 32.2. The molecule has 27 heavy (non-hydrogen) atoms. The second-order valence-electron chi connectivity index (χ2n) is 6.48. The van der Waals surface area contributed by atoms with Crippen molar-refractivity contribution in [1.82, 2.24) is 14.1 Å². The Balaban J connectivity index is 1.74. The van der Waals surface area contributed by atoms with Gasteiger partial charge < -0.3 is 4.90 Å². The van der Waals surface area contributed by atoms with E-state index in [0.717, 1.165) is 5.56 Å². The standard InChI is InChI=1S/C17H23N5O4S/c1-3-15-16(22(23)24)17(19(2)18-15)20-9-11-21(12-10-20)27(25,26)13-14-7-5-4-6-8-14/h4-8H,3,9-13H2,1-2H3. The van der Waals surface area contributed by atoms with E-state index < -0.39 is 14.9 Å². The van der Waals surface area contributed by atoms with Crippen LogP contribution in [0.1, 0.15) is 18.2 Å². The van der Waals surface area contributed by atoms with Gasteiger partial charge in [0.2, 0.25) is 15.8 Å². The van der Waals surface area contributed by atoms with Crippen LogP contribution in [0.4, 0.5) is 11.5 Å². The number of anilines is 1. The molecule has 146 valence electrons. The van der Waals surface area contributed by atoms with E-state index in [-0.39, 0.29) is 11.4 Å². The number of hydrogen-bond acceptors (Lipinski definition) is 6. The summed E-state index contributed by atoms with van der Waals surface area (Å²) in [6.07, 6.45) is 0.468. The summed E-state index contributed by atoms with van der Waals surface area (Å²) in [6, 6.07) is 9.06. The van der Waals surface area contributed by atoms with Gasteiger partial charge in [0.25, 0.3) is 0 Å². The Morgan fingerprint density at radius 1 is 1.15 bits per heavy atom. The number of aromatic nitrogens is 2. The lowest BCUT2D eigenvalue weighted by Crippen LogP contribution is -2.49. The average Bonchev–Trinajstić information content (AvgIpc) is 2.99. The molecule has 0 aliphatic carbocycles. The Kier molecular flexibility index (Phi) is 5.47. The van der Waals surface area contributed by atoms with Gasteiger partial charge in [0.05, 0.1) is 10.7 Å². The van der Waals surface area contributed by atoms with Crippen molar-refractivity contribution < 1.29 is 13.3 Å². The van der Waals surface area contributed by atoms with E-state index in [1.54, 1.807) is 19.2 Å². The molecule has 2 heterocycles. The molecule has 1 saturated heterocycles. The van der Waals surface area contributed by atoms with Gasteiger partial charge in [-0.2, -0.15) is 9.40 Å². The molecule has 0 bridgehead atoms. The normalized spacial score (nSPS) is 15.9. The topological polar surface area (TPSA) is 102 Å². The monoisotopic (exact) mass is 393 g/mol. The maximum atomic E-state index is 12.7. The number of sulfonamides is 1. The number of nitro groups is 1. The Morgan fingerprint density at radius 2 is 1.78 bits per heavy atom. The molecule has 1 aromatic heterocycles. The highest BCUT2D eigenvalue weighted by Crippen LogP contribution is 2.32. The van der Waals surface area contributed by atoms with Crippen LogP contribution in [0.2, 0.25) is 0 Å². The maximum absolute atomic E-state index is 12.7. The summed E-state index contributed by atoms with van der Waals surface area (Å²) >= 11 is 0. The largest absolute Gasteiger partial charge is 0.348 e. The van der Waals surface area contributed by atoms with Crippen molar-refractivity contribution in [2.24, 2.45) is 7.05 Å². The summed E-state index contributed by atoms with van der Waals surface area (Å²) in [5.74, 6) is 0.400. The second kappa shape index (κ2) is 7.65. The third-order valence-electron chi connectivity index (χ3n) is 4.70. The van der Waals surface area contributed by atoms with Crippen molar-refractivity contribution in [3.63, 3.8) is 0 Å². The highest BCUT2D eigenvalue weighted by Gasteiger charge is 2.33. The zero-order chi connectivity index (χ0) is 19.6. The smallest absolute Gasteiger partial charge is 0.334 e. The third kappa shape index (κ3) is 3.96. The van der Waals surface area contributed by atoms with Crippen LogP contribution in [0.15, 0.2) is 30.3 Å². The second-order valence-corrected chi connectivity index (χ2v) is 8.45. The number of piperazine rings is 1. The Morgan fingerprint density at radius 3 is 2.33 bits per heavy atom. The number of nitrogens with zero attached hydrogens (tertiary/aromatic N) is 5. The van der Waals surface area contributed by atoms with Gasteiger partial charge in [-0.15, -0.1) is 0 Å². The quantitative estimate of drug-likeness (QED) is 0.545. The number of hydrogen-bond donors (Lipinski definition) is 0. The van der Waals surface area contributed by atoms with Gasteiger partial charge in [-0.1, -0.05) is 37.3 Å². The summed E-state index contributed by atoms with van der Waals surface area (Å²) in [6.45, 7) is 3.18. The fourth-order valence-electron chi connectivity index (χ4n) is 3.39. The van der Waals surface area contributed by atoms with Gasteiger partial charge in [0, 0.05) is 33.2 Å². The van der Waals surface area contributed by atoms with Gasteiger partial charge in [0.1, 0.15) is 5.69 Å². The molecule has 0 N–H and O–H groups in total. The third-order valence-corrected chi connectivity index (χ3v) is 6.55. The van der Waals surface area contributed by atoms with E-state index in [1.165, 1.54) is 8.99 Å². The van der Waals surface area contributed by atoms with Crippen LogP contribution in [0, 0.1) is 10.1 Å². The molecule has 1 aliphatic rings. The van der Waals surface area contributed by atoms with Crippen LogP contribution in [-0.2, 0) is 29.2 Å². The number of rotatable bonds is 6. The van der Waals surface area contributed by atoms with E-state index in [2.05, 4.69) is 5.10 Å². The van der Waals surface area contributed by atoms with E-state index in [4.69, 9.17) is 0 Å². The molecular weight excluding hydrogens is 370 g/mol. The molecule has 9 nitrogen and oxygen atoms in total. The van der Waals surface area contributed by atoms with Crippen molar-refractivity contribution in [3.05, 3.63) is 51.7 Å². The Labute approximate surface area is 158 Å². The molecule has 0 spiro atoms. The van der Waals surface area contributed by atoms with E-state index in [1.807, 2.05) is 30.0 Å². The van der Waals surface area contributed by atoms with Gasteiger partial charge >= 0.3 is 5.69 Å². The van der Waals surface area contributed by atoms with Crippen LogP contribution >= 0.6 is 0 Å². The zero-order valence-corrected chi connectivity index (χ0v) is 16.2. The molecule has 1 aromatic carbocycles.